The molecule has 0 heterocycles. The summed E-state index contributed by atoms with van der Waals surface area (Å²) in [5.41, 5.74) is 0.613. The van der Waals surface area contributed by atoms with Crippen molar-refractivity contribution in [2.75, 3.05) is 13.2 Å². The zero-order valence-electron chi connectivity index (χ0n) is 13.2. The molecule has 6 heteroatoms. The van der Waals surface area contributed by atoms with Gasteiger partial charge in [0.2, 0.25) is 0 Å². The molecule has 1 aliphatic rings. The van der Waals surface area contributed by atoms with Crippen LogP contribution in [0.4, 0.5) is 5.69 Å². The van der Waals surface area contributed by atoms with Crippen LogP contribution in [0.3, 0.4) is 0 Å². The normalized spacial score (nSPS) is 22.2. The van der Waals surface area contributed by atoms with Crippen LogP contribution in [-0.2, 0) is 23.9 Å². The van der Waals surface area contributed by atoms with E-state index >= 15 is 0 Å². The van der Waals surface area contributed by atoms with Crippen molar-refractivity contribution in [3.8, 4) is 0 Å². The quantitative estimate of drug-likeness (QED) is 0.613. The Bertz CT molecular complexity index is 623. The molecule has 0 amide bonds. The summed E-state index contributed by atoms with van der Waals surface area (Å²) < 4.78 is 9.92. The van der Waals surface area contributed by atoms with E-state index < -0.39 is 29.6 Å². The third-order valence-corrected chi connectivity index (χ3v) is 3.52. The fraction of sp³-hybridized carbons (Fsp3) is 0.412. The molecule has 1 fully saturated rings. The van der Waals surface area contributed by atoms with Crippen LogP contribution in [0.5, 0.6) is 0 Å². The summed E-state index contributed by atoms with van der Waals surface area (Å²) in [6, 6.07) is 8.83. The minimum atomic E-state index is -0.994. The van der Waals surface area contributed by atoms with Gasteiger partial charge in [0.05, 0.1) is 24.6 Å². The number of Topliss-reactive ketones (excluding diaryl/α,β-unsaturated/α-hetero) is 1. The predicted molar refractivity (Wildman–Crippen MR) is 83.4 cm³/mol. The van der Waals surface area contributed by atoms with Crippen LogP contribution in [0.1, 0.15) is 20.3 Å². The molecule has 23 heavy (non-hydrogen) atoms. The lowest BCUT2D eigenvalue weighted by atomic mass is 10.0. The SMILES string of the molecule is CCOC(=O)C1CC(C(=O)OCC)C(=Nc2ccccc2)C1=O. The predicted octanol–water partition coefficient (Wildman–Crippen LogP) is 2.09. The topological polar surface area (TPSA) is 82.0 Å². The Morgan fingerprint density at radius 1 is 1.04 bits per heavy atom. The maximum absolute atomic E-state index is 12.5. The minimum Gasteiger partial charge on any atom is -0.465 e. The van der Waals surface area contributed by atoms with Gasteiger partial charge in [-0.05, 0) is 32.4 Å². The smallest absolute Gasteiger partial charge is 0.316 e. The van der Waals surface area contributed by atoms with Crippen molar-refractivity contribution in [3.63, 3.8) is 0 Å². The molecule has 2 unspecified atom stereocenters. The summed E-state index contributed by atoms with van der Waals surface area (Å²) in [5.74, 6) is -3.46. The van der Waals surface area contributed by atoms with Crippen LogP contribution >= 0.6 is 0 Å². The first-order valence-corrected chi connectivity index (χ1v) is 7.59. The molecular formula is C17H19NO5. The first-order chi connectivity index (χ1) is 11.1. The van der Waals surface area contributed by atoms with Crippen LogP contribution in [0.15, 0.2) is 35.3 Å². The molecule has 0 N–H and O–H groups in total. The number of hydrogen-bond acceptors (Lipinski definition) is 6. The lowest BCUT2D eigenvalue weighted by Crippen LogP contribution is -2.26. The molecule has 122 valence electrons. The number of aliphatic imine (C=N–C) groups is 1. The first kappa shape index (κ1) is 16.9. The van der Waals surface area contributed by atoms with Crippen molar-refractivity contribution in [2.45, 2.75) is 20.3 Å². The Hall–Kier alpha value is -2.50. The van der Waals surface area contributed by atoms with Crippen molar-refractivity contribution in [1.82, 2.24) is 0 Å². The Balaban J connectivity index is 2.34. The molecule has 0 bridgehead atoms. The van der Waals surface area contributed by atoms with E-state index in [1.54, 1.807) is 38.1 Å². The molecule has 1 aliphatic carbocycles. The van der Waals surface area contributed by atoms with Gasteiger partial charge < -0.3 is 9.47 Å². The summed E-state index contributed by atoms with van der Waals surface area (Å²) in [7, 11) is 0. The van der Waals surface area contributed by atoms with Crippen molar-refractivity contribution in [2.24, 2.45) is 16.8 Å². The number of carbonyl (C=O) groups is 3. The van der Waals surface area contributed by atoms with Gasteiger partial charge in [0, 0.05) is 0 Å². The fourth-order valence-electron chi connectivity index (χ4n) is 2.48. The highest BCUT2D eigenvalue weighted by Gasteiger charge is 2.47. The molecule has 0 aliphatic heterocycles. The number of benzene rings is 1. The van der Waals surface area contributed by atoms with E-state index in [1.165, 1.54) is 0 Å². The maximum Gasteiger partial charge on any atom is 0.316 e. The van der Waals surface area contributed by atoms with Gasteiger partial charge in [0.1, 0.15) is 11.8 Å². The van der Waals surface area contributed by atoms with E-state index in [-0.39, 0.29) is 25.3 Å². The summed E-state index contributed by atoms with van der Waals surface area (Å²) >= 11 is 0. The lowest BCUT2D eigenvalue weighted by molar-refractivity contribution is -0.150. The van der Waals surface area contributed by atoms with Crippen molar-refractivity contribution in [3.05, 3.63) is 30.3 Å². The summed E-state index contributed by atoms with van der Waals surface area (Å²) in [4.78, 5) is 40.8. The molecule has 1 aromatic carbocycles. The second-order valence-corrected chi connectivity index (χ2v) is 5.04. The Labute approximate surface area is 134 Å². The Morgan fingerprint density at radius 3 is 2.17 bits per heavy atom. The van der Waals surface area contributed by atoms with E-state index in [0.29, 0.717) is 5.69 Å². The fourth-order valence-corrected chi connectivity index (χ4v) is 2.48. The van der Waals surface area contributed by atoms with Gasteiger partial charge in [0.15, 0.2) is 5.78 Å². The highest BCUT2D eigenvalue weighted by Crippen LogP contribution is 2.30. The number of ether oxygens (including phenoxy) is 2. The van der Waals surface area contributed by atoms with Gasteiger partial charge in [-0.1, -0.05) is 18.2 Å². The van der Waals surface area contributed by atoms with Crippen molar-refractivity contribution in [1.29, 1.82) is 0 Å². The third-order valence-electron chi connectivity index (χ3n) is 3.52. The Kier molecular flexibility index (Phi) is 5.62. The van der Waals surface area contributed by atoms with Gasteiger partial charge in [-0.15, -0.1) is 0 Å². The second-order valence-electron chi connectivity index (χ2n) is 5.04. The van der Waals surface area contributed by atoms with Crippen LogP contribution < -0.4 is 0 Å². The Morgan fingerprint density at radius 2 is 1.61 bits per heavy atom. The molecule has 0 radical (unpaired) electrons. The van der Waals surface area contributed by atoms with E-state index in [4.69, 9.17) is 9.47 Å². The van der Waals surface area contributed by atoms with Gasteiger partial charge in [-0.25, -0.2) is 4.99 Å². The van der Waals surface area contributed by atoms with Gasteiger partial charge in [-0.3, -0.25) is 14.4 Å². The summed E-state index contributed by atoms with van der Waals surface area (Å²) in [6.07, 6.45) is 0.0438. The van der Waals surface area contributed by atoms with Crippen LogP contribution in [0.25, 0.3) is 0 Å². The minimum absolute atomic E-state index is 0.0438. The van der Waals surface area contributed by atoms with E-state index in [2.05, 4.69) is 4.99 Å². The number of esters is 2. The average Bonchev–Trinajstić information content (AvgIpc) is 2.86. The average molecular weight is 317 g/mol. The number of ketones is 1. The van der Waals surface area contributed by atoms with Gasteiger partial charge in [0.25, 0.3) is 0 Å². The van der Waals surface area contributed by atoms with E-state index in [0.717, 1.165) is 0 Å². The molecule has 2 atom stereocenters. The highest BCUT2D eigenvalue weighted by atomic mass is 16.5. The van der Waals surface area contributed by atoms with Crippen LogP contribution in [0, 0.1) is 11.8 Å². The standard InChI is InChI=1S/C17H19NO5/c1-3-22-16(20)12-10-13(17(21)23-4-2)15(19)14(12)18-11-8-6-5-7-9-11/h5-9,12-13H,3-4,10H2,1-2H3. The number of carbonyl (C=O) groups excluding carboxylic acids is 3. The molecule has 0 saturated heterocycles. The highest BCUT2D eigenvalue weighted by molar-refractivity contribution is 6.49. The van der Waals surface area contributed by atoms with E-state index in [9.17, 15) is 14.4 Å². The van der Waals surface area contributed by atoms with Gasteiger partial charge >= 0.3 is 11.9 Å². The zero-order valence-corrected chi connectivity index (χ0v) is 13.2. The second kappa shape index (κ2) is 7.67. The molecule has 6 nitrogen and oxygen atoms in total. The van der Waals surface area contributed by atoms with Crippen molar-refractivity contribution >= 4 is 29.1 Å². The lowest BCUT2D eigenvalue weighted by Gasteiger charge is -2.09. The molecule has 2 rings (SSSR count). The first-order valence-electron chi connectivity index (χ1n) is 7.59. The molecule has 1 aromatic rings. The molecule has 0 aromatic heterocycles. The number of hydrogen-bond donors (Lipinski definition) is 0. The summed E-state index contributed by atoms with van der Waals surface area (Å²) in [5, 5.41) is 0. The van der Waals surface area contributed by atoms with E-state index in [1.807, 2.05) is 6.07 Å². The summed E-state index contributed by atoms with van der Waals surface area (Å²) in [6.45, 7) is 3.73. The molecular weight excluding hydrogens is 298 g/mol. The monoisotopic (exact) mass is 317 g/mol. The zero-order chi connectivity index (χ0) is 16.8. The molecule has 1 saturated carbocycles. The van der Waals surface area contributed by atoms with Crippen LogP contribution in [-0.4, -0.2) is 36.6 Å². The number of para-hydroxylation sites is 1. The number of rotatable bonds is 5. The molecule has 0 spiro atoms. The largest absolute Gasteiger partial charge is 0.465 e. The van der Waals surface area contributed by atoms with Crippen LogP contribution in [0.2, 0.25) is 0 Å². The van der Waals surface area contributed by atoms with Gasteiger partial charge in [-0.2, -0.15) is 0 Å². The van der Waals surface area contributed by atoms with Crippen molar-refractivity contribution < 1.29 is 23.9 Å². The third kappa shape index (κ3) is 3.83. The number of nitrogens with zero attached hydrogens (tertiary/aromatic N) is 1. The maximum atomic E-state index is 12.5.